The van der Waals surface area contributed by atoms with Crippen LogP contribution in [-0.4, -0.2) is 20.2 Å². The Kier molecular flexibility index (Phi) is 13.7. The van der Waals surface area contributed by atoms with Gasteiger partial charge in [-0.05, 0) is 12.5 Å². The SMILES string of the molecule is CCCCCCC#[C][Al-]([CH2]C(C)C)([CH2]C(C)C)[c]1ccccc1OC.[Li+]. The Morgan fingerprint density at radius 2 is 1.58 bits per heavy atom. The molecule has 0 saturated carbocycles. The molecule has 0 unspecified atom stereocenters. The van der Waals surface area contributed by atoms with Crippen molar-refractivity contribution in [2.45, 2.75) is 77.3 Å². The molecule has 1 aromatic carbocycles. The third kappa shape index (κ3) is 8.60. The van der Waals surface area contributed by atoms with Crippen molar-refractivity contribution >= 4 is 17.5 Å². The summed E-state index contributed by atoms with van der Waals surface area (Å²) < 4.78 is 7.18. The molecule has 0 aliphatic heterocycles. The van der Waals surface area contributed by atoms with Crippen LogP contribution in [0.15, 0.2) is 24.3 Å². The van der Waals surface area contributed by atoms with Crippen molar-refractivity contribution in [2.24, 2.45) is 11.8 Å². The van der Waals surface area contributed by atoms with Crippen molar-refractivity contribution < 1.29 is 23.6 Å². The summed E-state index contributed by atoms with van der Waals surface area (Å²) in [4.78, 5) is 3.90. The molecule has 0 saturated heterocycles. The van der Waals surface area contributed by atoms with Gasteiger partial charge < -0.3 is 9.52 Å². The van der Waals surface area contributed by atoms with Crippen LogP contribution < -0.4 is 28.0 Å². The minimum Gasteiger partial charge on any atom is -0.501 e. The topological polar surface area (TPSA) is 9.23 Å². The van der Waals surface area contributed by atoms with Gasteiger partial charge >= 0.3 is 18.9 Å². The second-order valence-electron chi connectivity index (χ2n) is 8.38. The molecule has 26 heavy (non-hydrogen) atoms. The molecule has 0 aliphatic rings. The van der Waals surface area contributed by atoms with Crippen LogP contribution in [0, 0.1) is 22.5 Å². The number of unbranched alkanes of at least 4 members (excludes halogenated alkanes) is 4. The fourth-order valence-electron chi connectivity index (χ4n) is 4.19. The summed E-state index contributed by atoms with van der Waals surface area (Å²) in [6.07, 6.45) is 6.22. The van der Waals surface area contributed by atoms with E-state index >= 15 is 0 Å². The standard InChI is InChI=1S/C8H13.C7H7O.2C4H9.Al.Li/c1-3-5-7-8-6-4-2;1-8-7-5-3-2-4-6-7;2*1-4(2)3;;/h3,5-8H2,1H3;2-5H,1H3;2*4H,1H2,2-3H3;;/q;;;;-1;+1. The molecule has 0 fully saturated rings. The van der Waals surface area contributed by atoms with Crippen LogP contribution in [0.25, 0.3) is 0 Å². The van der Waals surface area contributed by atoms with Gasteiger partial charge in [-0.25, -0.2) is 0 Å². The first kappa shape index (κ1) is 25.7. The largest absolute Gasteiger partial charge is 1.00 e. The Morgan fingerprint density at radius 1 is 0.962 bits per heavy atom. The van der Waals surface area contributed by atoms with Gasteiger partial charge in [0.2, 0.25) is 0 Å². The summed E-state index contributed by atoms with van der Waals surface area (Å²) in [7, 11) is 1.80. The van der Waals surface area contributed by atoms with E-state index in [1.165, 1.54) is 40.7 Å². The smallest absolute Gasteiger partial charge is 0.501 e. The summed E-state index contributed by atoms with van der Waals surface area (Å²) in [5.41, 5.74) is 0. The molecule has 1 rings (SSSR count). The molecule has 0 N–H and O–H groups in total. The van der Waals surface area contributed by atoms with Crippen molar-refractivity contribution in [3.63, 3.8) is 0 Å². The van der Waals surface area contributed by atoms with Crippen molar-refractivity contribution in [3.8, 4) is 16.5 Å². The average molecular weight is 364 g/mol. The van der Waals surface area contributed by atoms with Gasteiger partial charge in [0, 0.05) is 6.42 Å². The van der Waals surface area contributed by atoms with Crippen molar-refractivity contribution in [1.29, 1.82) is 0 Å². The van der Waals surface area contributed by atoms with Crippen molar-refractivity contribution in [1.82, 2.24) is 0 Å². The molecular weight excluding hydrogens is 326 g/mol. The van der Waals surface area contributed by atoms with Crippen LogP contribution in [0.2, 0.25) is 10.6 Å². The minimum absolute atomic E-state index is 0. The fraction of sp³-hybridized carbons (Fsp3) is 0.652. The van der Waals surface area contributed by atoms with Crippen molar-refractivity contribution in [3.05, 3.63) is 24.3 Å². The molecule has 0 bridgehead atoms. The van der Waals surface area contributed by atoms with E-state index in [9.17, 15) is 0 Å². The maximum Gasteiger partial charge on any atom is 1.00 e. The fourth-order valence-corrected chi connectivity index (χ4v) is 10.3. The first-order valence-corrected chi connectivity index (χ1v) is 13.1. The van der Waals surface area contributed by atoms with E-state index in [1.54, 1.807) is 7.11 Å². The van der Waals surface area contributed by atoms with E-state index in [4.69, 9.17) is 4.74 Å². The molecule has 1 nitrogen and oxygen atoms in total. The summed E-state index contributed by atoms with van der Waals surface area (Å²) in [5.74, 6) is 6.00. The molecule has 0 amide bonds. The van der Waals surface area contributed by atoms with Gasteiger partial charge in [-0.2, -0.15) is 20.9 Å². The molecule has 1 aromatic rings. The van der Waals surface area contributed by atoms with Gasteiger partial charge in [0.05, 0.1) is 12.9 Å². The number of hydrogen-bond acceptors (Lipinski definition) is 1. The van der Waals surface area contributed by atoms with Gasteiger partial charge in [0.1, 0.15) is 0 Å². The van der Waals surface area contributed by atoms with E-state index in [-0.39, 0.29) is 18.9 Å². The zero-order valence-electron chi connectivity index (χ0n) is 18.4. The summed E-state index contributed by atoms with van der Waals surface area (Å²) in [6.45, 7) is 11.6. The monoisotopic (exact) mass is 364 g/mol. The van der Waals surface area contributed by atoms with Gasteiger partial charge in [0.15, 0.2) is 0 Å². The summed E-state index contributed by atoms with van der Waals surface area (Å²) in [5, 5.41) is 2.49. The number of methoxy groups -OCH3 is 1. The predicted octanol–water partition coefficient (Wildman–Crippen LogP) is 3.18. The Balaban J connectivity index is 0.00000625. The van der Waals surface area contributed by atoms with Crippen LogP contribution in [0.3, 0.4) is 0 Å². The third-order valence-corrected chi connectivity index (χ3v) is 10.9. The summed E-state index contributed by atoms with van der Waals surface area (Å²) in [6, 6.07) is 8.65. The molecule has 0 aromatic heterocycles. The van der Waals surface area contributed by atoms with E-state index in [2.05, 4.69) is 69.6 Å². The molecule has 140 valence electrons. The zero-order valence-corrected chi connectivity index (χ0v) is 19.6. The molecular formula is C23H38AlLiO. The normalized spacial score (nSPS) is 11.1. The van der Waals surface area contributed by atoms with E-state index in [0.717, 1.165) is 12.2 Å². The van der Waals surface area contributed by atoms with Gasteiger partial charge in [-0.15, -0.1) is 6.07 Å². The molecule has 3 heteroatoms. The van der Waals surface area contributed by atoms with E-state index in [0.29, 0.717) is 11.8 Å². The van der Waals surface area contributed by atoms with Gasteiger partial charge in [-0.3, -0.25) is 0 Å². The second-order valence-corrected chi connectivity index (χ2v) is 12.7. The molecule has 0 aliphatic carbocycles. The van der Waals surface area contributed by atoms with Crippen LogP contribution in [-0.2, 0) is 0 Å². The van der Waals surface area contributed by atoms with Crippen molar-refractivity contribution in [2.75, 3.05) is 7.11 Å². The number of hydrogen-bond donors (Lipinski definition) is 0. The zero-order chi connectivity index (χ0) is 18.7. The first-order valence-electron chi connectivity index (χ1n) is 10.3. The Morgan fingerprint density at radius 3 is 2.12 bits per heavy atom. The number of rotatable bonds is 10. The maximum atomic E-state index is 5.75. The third-order valence-electron chi connectivity index (χ3n) is 5.02. The van der Waals surface area contributed by atoms with Crippen LogP contribution >= 0.6 is 0 Å². The number of benzene rings is 1. The van der Waals surface area contributed by atoms with Crippen LogP contribution in [0.5, 0.6) is 5.75 Å². The van der Waals surface area contributed by atoms with Gasteiger partial charge in [-0.1, -0.05) is 77.8 Å². The quantitative estimate of drug-likeness (QED) is 0.352. The van der Waals surface area contributed by atoms with E-state index in [1.807, 2.05) is 0 Å². The summed E-state index contributed by atoms with van der Waals surface area (Å²) >= 11 is -2.28. The molecule has 0 radical (unpaired) electrons. The van der Waals surface area contributed by atoms with Gasteiger partial charge in [0.25, 0.3) is 13.1 Å². The predicted molar refractivity (Wildman–Crippen MR) is 114 cm³/mol. The number of ether oxygens (including phenoxy) is 1. The van der Waals surface area contributed by atoms with E-state index < -0.39 is 13.1 Å². The minimum atomic E-state index is -2.28. The maximum absolute atomic E-state index is 5.75. The Hall–Kier alpha value is -0.290. The first-order chi connectivity index (χ1) is 11.9. The Labute approximate surface area is 177 Å². The molecule has 0 atom stereocenters. The second kappa shape index (κ2) is 13.8. The number of para-hydroxylation sites is 1. The molecule has 0 spiro atoms. The van der Waals surface area contributed by atoms with Crippen LogP contribution in [0.4, 0.5) is 0 Å². The molecule has 0 heterocycles. The Bertz CT molecular complexity index is 547. The van der Waals surface area contributed by atoms with Crippen LogP contribution in [0.1, 0.15) is 66.7 Å². The average Bonchev–Trinajstić information content (AvgIpc) is 2.56.